The molecule has 1 saturated heterocycles. The van der Waals surface area contributed by atoms with Crippen LogP contribution in [0.4, 0.5) is 0 Å². The second-order valence-corrected chi connectivity index (χ2v) is 8.92. The van der Waals surface area contributed by atoms with Crippen molar-refractivity contribution in [3.8, 4) is 0 Å². The van der Waals surface area contributed by atoms with Crippen molar-refractivity contribution in [2.24, 2.45) is 0 Å². The SMILES string of the molecule is CCC(CO)(CCCN1CCS(=O)(=O)CC1C)NC(C)C. The second-order valence-electron chi connectivity index (χ2n) is 6.69. The third kappa shape index (κ3) is 5.85. The smallest absolute Gasteiger partial charge is 0.153 e. The van der Waals surface area contributed by atoms with E-state index in [1.165, 1.54) is 0 Å². The Morgan fingerprint density at radius 2 is 2.10 bits per heavy atom. The molecule has 0 aromatic heterocycles. The fourth-order valence-corrected chi connectivity index (χ4v) is 4.81. The lowest BCUT2D eigenvalue weighted by molar-refractivity contribution is 0.127. The molecule has 21 heavy (non-hydrogen) atoms. The molecular formula is C15H32N2O3S. The van der Waals surface area contributed by atoms with E-state index in [-0.39, 0.29) is 29.7 Å². The molecule has 0 aliphatic carbocycles. The van der Waals surface area contributed by atoms with Crippen molar-refractivity contribution < 1.29 is 13.5 Å². The van der Waals surface area contributed by atoms with Crippen LogP contribution < -0.4 is 5.32 Å². The van der Waals surface area contributed by atoms with Gasteiger partial charge in [-0.15, -0.1) is 0 Å². The van der Waals surface area contributed by atoms with Crippen LogP contribution in [0.5, 0.6) is 0 Å². The van der Waals surface area contributed by atoms with Gasteiger partial charge in [0, 0.05) is 24.2 Å². The lowest BCUT2D eigenvalue weighted by Crippen LogP contribution is -2.52. The number of nitrogens with one attached hydrogen (secondary N) is 1. The molecule has 6 heteroatoms. The molecule has 2 N–H and O–H groups in total. The number of hydrogen-bond donors (Lipinski definition) is 2. The van der Waals surface area contributed by atoms with Crippen molar-refractivity contribution in [3.05, 3.63) is 0 Å². The Bertz CT molecular complexity index is 405. The van der Waals surface area contributed by atoms with Crippen molar-refractivity contribution in [1.82, 2.24) is 10.2 Å². The van der Waals surface area contributed by atoms with Gasteiger partial charge in [-0.2, -0.15) is 0 Å². The van der Waals surface area contributed by atoms with Crippen molar-refractivity contribution in [1.29, 1.82) is 0 Å². The molecule has 5 nitrogen and oxygen atoms in total. The minimum Gasteiger partial charge on any atom is -0.394 e. The van der Waals surface area contributed by atoms with E-state index < -0.39 is 9.84 Å². The molecule has 1 rings (SSSR count). The lowest BCUT2D eigenvalue weighted by Gasteiger charge is -2.37. The highest BCUT2D eigenvalue weighted by molar-refractivity contribution is 7.91. The molecule has 1 fully saturated rings. The summed E-state index contributed by atoms with van der Waals surface area (Å²) in [6, 6.07) is 0.447. The van der Waals surface area contributed by atoms with Crippen LogP contribution in [0, 0.1) is 0 Å². The molecule has 0 bridgehead atoms. The largest absolute Gasteiger partial charge is 0.394 e. The lowest BCUT2D eigenvalue weighted by atomic mass is 9.90. The van der Waals surface area contributed by atoms with Gasteiger partial charge in [0.15, 0.2) is 9.84 Å². The maximum Gasteiger partial charge on any atom is 0.153 e. The number of nitrogens with zero attached hydrogens (tertiary/aromatic N) is 1. The molecule has 1 heterocycles. The number of sulfone groups is 1. The van der Waals surface area contributed by atoms with E-state index in [0.29, 0.717) is 12.6 Å². The molecule has 0 amide bonds. The molecule has 0 spiro atoms. The van der Waals surface area contributed by atoms with E-state index in [4.69, 9.17) is 0 Å². The first-order valence-corrected chi connectivity index (χ1v) is 9.89. The van der Waals surface area contributed by atoms with Gasteiger partial charge in [0.1, 0.15) is 0 Å². The molecule has 0 aromatic carbocycles. The minimum absolute atomic E-state index is 0.104. The summed E-state index contributed by atoms with van der Waals surface area (Å²) in [5.41, 5.74) is -0.209. The molecule has 2 atom stereocenters. The predicted molar refractivity (Wildman–Crippen MR) is 87.3 cm³/mol. The molecule has 0 saturated carbocycles. The Morgan fingerprint density at radius 1 is 1.43 bits per heavy atom. The van der Waals surface area contributed by atoms with Crippen LogP contribution in [0.2, 0.25) is 0 Å². The number of hydrogen-bond acceptors (Lipinski definition) is 5. The third-order valence-electron chi connectivity index (χ3n) is 4.48. The zero-order chi connectivity index (χ0) is 16.1. The van der Waals surface area contributed by atoms with E-state index in [1.54, 1.807) is 0 Å². The van der Waals surface area contributed by atoms with Gasteiger partial charge in [-0.1, -0.05) is 20.8 Å². The highest BCUT2D eigenvalue weighted by Gasteiger charge is 2.30. The van der Waals surface area contributed by atoms with Gasteiger partial charge in [0.2, 0.25) is 0 Å². The summed E-state index contributed by atoms with van der Waals surface area (Å²) >= 11 is 0. The first-order valence-electron chi connectivity index (χ1n) is 8.06. The summed E-state index contributed by atoms with van der Waals surface area (Å²) in [5, 5.41) is 13.2. The zero-order valence-corrected chi connectivity index (χ0v) is 14.7. The third-order valence-corrected chi connectivity index (χ3v) is 6.28. The van der Waals surface area contributed by atoms with E-state index in [9.17, 15) is 13.5 Å². The van der Waals surface area contributed by atoms with Crippen LogP contribution >= 0.6 is 0 Å². The van der Waals surface area contributed by atoms with Crippen LogP contribution in [-0.4, -0.2) is 67.2 Å². The first kappa shape index (κ1) is 18.9. The summed E-state index contributed by atoms with van der Waals surface area (Å²) in [4.78, 5) is 2.26. The first-order chi connectivity index (χ1) is 9.73. The van der Waals surface area contributed by atoms with Crippen molar-refractivity contribution >= 4 is 9.84 Å². The maximum atomic E-state index is 11.6. The molecule has 0 aromatic rings. The Kier molecular flexibility index (Phi) is 7.10. The summed E-state index contributed by atoms with van der Waals surface area (Å²) < 4.78 is 23.2. The van der Waals surface area contributed by atoms with Crippen LogP contribution in [0.3, 0.4) is 0 Å². The average Bonchev–Trinajstić information content (AvgIpc) is 2.39. The van der Waals surface area contributed by atoms with Crippen molar-refractivity contribution in [2.45, 2.75) is 64.6 Å². The predicted octanol–water partition coefficient (Wildman–Crippen LogP) is 1.02. The molecule has 1 aliphatic rings. The quantitative estimate of drug-likeness (QED) is 0.699. The Morgan fingerprint density at radius 3 is 2.57 bits per heavy atom. The van der Waals surface area contributed by atoms with E-state index in [2.05, 4.69) is 31.0 Å². The summed E-state index contributed by atoms with van der Waals surface area (Å²) in [6.45, 7) is 9.96. The van der Waals surface area contributed by atoms with Gasteiger partial charge in [-0.25, -0.2) is 8.42 Å². The highest BCUT2D eigenvalue weighted by Crippen LogP contribution is 2.20. The molecule has 126 valence electrons. The number of aliphatic hydroxyl groups excluding tert-OH is 1. The van der Waals surface area contributed by atoms with Crippen molar-refractivity contribution in [3.63, 3.8) is 0 Å². The summed E-state index contributed by atoms with van der Waals surface area (Å²) in [5.74, 6) is 0.552. The van der Waals surface area contributed by atoms with Gasteiger partial charge >= 0.3 is 0 Å². The van der Waals surface area contributed by atoms with Crippen LogP contribution in [-0.2, 0) is 9.84 Å². The van der Waals surface area contributed by atoms with Gasteiger partial charge in [-0.05, 0) is 32.7 Å². The van der Waals surface area contributed by atoms with E-state index in [0.717, 1.165) is 25.8 Å². The fraction of sp³-hybridized carbons (Fsp3) is 1.00. The zero-order valence-electron chi connectivity index (χ0n) is 13.9. The Balaban J connectivity index is 2.47. The standard InChI is InChI=1S/C15H32N2O3S/c1-5-15(12-18,16-13(2)3)7-6-8-17-9-10-21(19,20)11-14(17)4/h13-14,16,18H,5-12H2,1-4H3. The second kappa shape index (κ2) is 7.90. The minimum atomic E-state index is -2.84. The highest BCUT2D eigenvalue weighted by atomic mass is 32.2. The van der Waals surface area contributed by atoms with E-state index >= 15 is 0 Å². The fourth-order valence-electron chi connectivity index (χ4n) is 3.19. The molecular weight excluding hydrogens is 288 g/mol. The number of aliphatic hydroxyl groups is 1. The summed E-state index contributed by atoms with van der Waals surface area (Å²) in [7, 11) is -2.84. The summed E-state index contributed by atoms with van der Waals surface area (Å²) in [6.07, 6.45) is 2.78. The monoisotopic (exact) mass is 320 g/mol. The van der Waals surface area contributed by atoms with Crippen molar-refractivity contribution in [2.75, 3.05) is 31.2 Å². The molecule has 2 unspecified atom stereocenters. The van der Waals surface area contributed by atoms with Crippen LogP contribution in [0.1, 0.15) is 47.0 Å². The van der Waals surface area contributed by atoms with Gasteiger partial charge in [0.05, 0.1) is 18.1 Å². The molecule has 0 radical (unpaired) electrons. The maximum absolute atomic E-state index is 11.6. The Hall–Kier alpha value is -0.170. The van der Waals surface area contributed by atoms with Crippen LogP contribution in [0.15, 0.2) is 0 Å². The van der Waals surface area contributed by atoms with Gasteiger partial charge in [-0.3, -0.25) is 4.90 Å². The normalized spacial score (nSPS) is 25.9. The van der Waals surface area contributed by atoms with Crippen LogP contribution in [0.25, 0.3) is 0 Å². The Labute approximate surface area is 130 Å². The topological polar surface area (TPSA) is 69.6 Å². The molecule has 1 aliphatic heterocycles. The van der Waals surface area contributed by atoms with Gasteiger partial charge in [0.25, 0.3) is 0 Å². The van der Waals surface area contributed by atoms with E-state index in [1.807, 2.05) is 6.92 Å². The number of rotatable bonds is 8. The average molecular weight is 320 g/mol. The van der Waals surface area contributed by atoms with Gasteiger partial charge < -0.3 is 10.4 Å².